The van der Waals surface area contributed by atoms with Gasteiger partial charge in [-0.15, -0.1) is 11.3 Å². The summed E-state index contributed by atoms with van der Waals surface area (Å²) in [5, 5.41) is 5.33. The largest absolute Gasteiger partial charge is 0.416 e. The van der Waals surface area contributed by atoms with Gasteiger partial charge in [0.05, 0.1) is 11.6 Å². The monoisotopic (exact) mass is 360 g/mol. The van der Waals surface area contributed by atoms with Crippen LogP contribution in [0.15, 0.2) is 35.7 Å². The maximum atomic E-state index is 13.1. The molecule has 0 radical (unpaired) electrons. The first-order chi connectivity index (χ1) is 10.9. The van der Waals surface area contributed by atoms with Crippen molar-refractivity contribution in [2.45, 2.75) is 12.2 Å². The Morgan fingerprint density at radius 3 is 2.52 bits per heavy atom. The Labute approximate surface area is 141 Å². The lowest BCUT2D eigenvalue weighted by molar-refractivity contribution is -0.137. The lowest BCUT2D eigenvalue weighted by Gasteiger charge is -2.35. The van der Waals surface area contributed by atoms with Crippen LogP contribution in [0.3, 0.4) is 0 Å². The Bertz CT molecular complexity index is 652. The summed E-state index contributed by atoms with van der Waals surface area (Å²) in [7, 11) is 0. The predicted octanol–water partition coefficient (Wildman–Crippen LogP) is 4.41. The molecule has 124 valence electrons. The van der Waals surface area contributed by atoms with Gasteiger partial charge in [-0.2, -0.15) is 13.2 Å². The molecule has 2 heterocycles. The minimum absolute atomic E-state index is 0.117. The van der Waals surface area contributed by atoms with Crippen LogP contribution in [0.25, 0.3) is 0 Å². The minimum Gasteiger partial charge on any atom is -0.314 e. The van der Waals surface area contributed by atoms with Gasteiger partial charge in [0.2, 0.25) is 0 Å². The van der Waals surface area contributed by atoms with E-state index >= 15 is 0 Å². The topological polar surface area (TPSA) is 15.3 Å². The van der Waals surface area contributed by atoms with Gasteiger partial charge in [0, 0.05) is 36.1 Å². The van der Waals surface area contributed by atoms with E-state index in [4.69, 9.17) is 11.6 Å². The van der Waals surface area contributed by atoms with Crippen LogP contribution in [0.4, 0.5) is 13.2 Å². The number of halogens is 4. The van der Waals surface area contributed by atoms with Gasteiger partial charge >= 0.3 is 6.18 Å². The Morgan fingerprint density at radius 2 is 1.91 bits per heavy atom. The highest BCUT2D eigenvalue weighted by molar-refractivity contribution is 7.10. The second-order valence-corrected chi connectivity index (χ2v) is 6.89. The second-order valence-electron chi connectivity index (χ2n) is 5.47. The number of benzene rings is 1. The summed E-state index contributed by atoms with van der Waals surface area (Å²) in [5.74, 6) is 0. The highest BCUT2D eigenvalue weighted by atomic mass is 35.5. The van der Waals surface area contributed by atoms with Crippen molar-refractivity contribution in [3.63, 3.8) is 0 Å². The van der Waals surface area contributed by atoms with Crippen molar-refractivity contribution < 1.29 is 13.2 Å². The predicted molar refractivity (Wildman–Crippen MR) is 87.1 cm³/mol. The number of alkyl halides is 3. The zero-order chi connectivity index (χ0) is 16.4. The third kappa shape index (κ3) is 3.88. The van der Waals surface area contributed by atoms with Crippen LogP contribution in [0, 0.1) is 0 Å². The maximum absolute atomic E-state index is 13.1. The fraction of sp³-hybridized carbons (Fsp3) is 0.375. The van der Waals surface area contributed by atoms with Crippen LogP contribution in [0.1, 0.15) is 22.0 Å². The number of piperazine rings is 1. The van der Waals surface area contributed by atoms with E-state index in [-0.39, 0.29) is 11.1 Å². The summed E-state index contributed by atoms with van der Waals surface area (Å²) >= 11 is 7.53. The van der Waals surface area contributed by atoms with Gasteiger partial charge in [-0.1, -0.05) is 17.7 Å². The number of nitrogens with one attached hydrogen (secondary N) is 1. The van der Waals surface area contributed by atoms with E-state index < -0.39 is 11.7 Å². The van der Waals surface area contributed by atoms with Gasteiger partial charge < -0.3 is 5.32 Å². The first-order valence-electron chi connectivity index (χ1n) is 7.31. The Hall–Kier alpha value is -1.08. The van der Waals surface area contributed by atoms with Crippen LogP contribution < -0.4 is 5.32 Å². The standard InChI is InChI=1S/C16H16ClF3N2S/c17-13-9-11(8-12(10-13)16(18,19)20)15(14-2-1-7-23-14)22-5-3-21-4-6-22/h1-2,7-10,15,21H,3-6H2/t15-/m0/s1. The molecule has 1 aromatic carbocycles. The van der Waals surface area contributed by atoms with Gasteiger partial charge in [0.1, 0.15) is 0 Å². The van der Waals surface area contributed by atoms with Crippen molar-refractivity contribution in [1.29, 1.82) is 0 Å². The van der Waals surface area contributed by atoms with Crippen LogP contribution in [-0.2, 0) is 6.18 Å². The average Bonchev–Trinajstić information content (AvgIpc) is 3.01. The Kier molecular flexibility index (Phi) is 4.96. The minimum atomic E-state index is -4.40. The first-order valence-corrected chi connectivity index (χ1v) is 8.57. The van der Waals surface area contributed by atoms with Crippen molar-refractivity contribution in [2.75, 3.05) is 26.2 Å². The van der Waals surface area contributed by atoms with Gasteiger partial charge in [-0.25, -0.2) is 0 Å². The average molecular weight is 361 g/mol. The molecule has 3 rings (SSSR count). The van der Waals surface area contributed by atoms with Crippen LogP contribution in [-0.4, -0.2) is 31.1 Å². The molecule has 1 aromatic heterocycles. The molecule has 1 saturated heterocycles. The summed E-state index contributed by atoms with van der Waals surface area (Å²) in [6.07, 6.45) is -4.40. The lowest BCUT2D eigenvalue weighted by atomic mass is 10.00. The van der Waals surface area contributed by atoms with Crippen molar-refractivity contribution in [3.8, 4) is 0 Å². The first kappa shape index (κ1) is 16.8. The summed E-state index contributed by atoms with van der Waals surface area (Å²) in [6.45, 7) is 3.23. The number of hydrogen-bond donors (Lipinski definition) is 1. The van der Waals surface area contributed by atoms with E-state index in [1.807, 2.05) is 17.5 Å². The molecular formula is C16H16ClF3N2S. The van der Waals surface area contributed by atoms with E-state index in [0.29, 0.717) is 5.56 Å². The molecule has 0 spiro atoms. The molecule has 1 aliphatic rings. The molecule has 1 fully saturated rings. The fourth-order valence-electron chi connectivity index (χ4n) is 2.88. The smallest absolute Gasteiger partial charge is 0.314 e. The molecule has 2 aromatic rings. The van der Waals surface area contributed by atoms with E-state index in [2.05, 4.69) is 10.2 Å². The van der Waals surface area contributed by atoms with E-state index in [1.54, 1.807) is 17.4 Å². The number of thiophene rings is 1. The SMILES string of the molecule is FC(F)(F)c1cc(Cl)cc([C@@H](c2cccs2)N2CCNCC2)c1. The van der Waals surface area contributed by atoms with Crippen LogP contribution >= 0.6 is 22.9 Å². The maximum Gasteiger partial charge on any atom is 0.416 e. The van der Waals surface area contributed by atoms with Gasteiger partial charge in [-0.05, 0) is 35.2 Å². The molecule has 2 nitrogen and oxygen atoms in total. The highest BCUT2D eigenvalue weighted by Crippen LogP contribution is 2.37. The molecule has 0 unspecified atom stereocenters. The van der Waals surface area contributed by atoms with Crippen molar-refractivity contribution in [1.82, 2.24) is 10.2 Å². The lowest BCUT2D eigenvalue weighted by Crippen LogP contribution is -2.45. The molecule has 0 amide bonds. The van der Waals surface area contributed by atoms with Crippen molar-refractivity contribution in [2.24, 2.45) is 0 Å². The number of rotatable bonds is 3. The summed E-state index contributed by atoms with van der Waals surface area (Å²) < 4.78 is 39.3. The third-order valence-corrected chi connectivity index (χ3v) is 5.04. The van der Waals surface area contributed by atoms with Crippen LogP contribution in [0.5, 0.6) is 0 Å². The number of hydrogen-bond acceptors (Lipinski definition) is 3. The van der Waals surface area contributed by atoms with Crippen molar-refractivity contribution in [3.05, 3.63) is 56.7 Å². The Morgan fingerprint density at radius 1 is 1.17 bits per heavy atom. The molecule has 0 bridgehead atoms. The molecule has 1 atom stereocenters. The summed E-state index contributed by atoms with van der Waals surface area (Å²) in [6, 6.07) is 7.53. The second kappa shape index (κ2) is 6.81. The molecule has 7 heteroatoms. The van der Waals surface area contributed by atoms with Gasteiger partial charge in [0.15, 0.2) is 0 Å². The fourth-order valence-corrected chi connectivity index (χ4v) is 4.01. The molecule has 23 heavy (non-hydrogen) atoms. The Balaban J connectivity index is 2.04. The van der Waals surface area contributed by atoms with E-state index in [1.165, 1.54) is 6.07 Å². The molecule has 1 N–H and O–H groups in total. The zero-order valence-electron chi connectivity index (χ0n) is 12.2. The van der Waals surface area contributed by atoms with Gasteiger partial charge in [-0.3, -0.25) is 4.90 Å². The highest BCUT2D eigenvalue weighted by Gasteiger charge is 2.33. The number of nitrogens with zero attached hydrogens (tertiary/aromatic N) is 1. The van der Waals surface area contributed by atoms with Crippen molar-refractivity contribution >= 4 is 22.9 Å². The third-order valence-electron chi connectivity index (χ3n) is 3.89. The van der Waals surface area contributed by atoms with E-state index in [9.17, 15) is 13.2 Å². The molecular weight excluding hydrogens is 345 g/mol. The van der Waals surface area contributed by atoms with Crippen LogP contribution in [0.2, 0.25) is 5.02 Å². The van der Waals surface area contributed by atoms with Gasteiger partial charge in [0.25, 0.3) is 0 Å². The quantitative estimate of drug-likeness (QED) is 0.872. The molecule has 0 aliphatic carbocycles. The van der Waals surface area contributed by atoms with E-state index in [0.717, 1.165) is 37.1 Å². The molecule has 0 saturated carbocycles. The normalized spacial score (nSPS) is 18.1. The summed E-state index contributed by atoms with van der Waals surface area (Å²) in [4.78, 5) is 3.23. The summed E-state index contributed by atoms with van der Waals surface area (Å²) in [5.41, 5.74) is -0.106. The molecule has 1 aliphatic heterocycles. The zero-order valence-corrected chi connectivity index (χ0v) is 13.8.